The molecule has 1 aromatic carbocycles. The molecule has 7 heteroatoms. The summed E-state index contributed by atoms with van der Waals surface area (Å²) in [6.07, 6.45) is -3.69. The van der Waals surface area contributed by atoms with Crippen molar-refractivity contribution in [1.82, 2.24) is 10.3 Å². The first-order valence-electron chi connectivity index (χ1n) is 6.34. The third-order valence-electron chi connectivity index (χ3n) is 3.01. The van der Waals surface area contributed by atoms with Crippen molar-refractivity contribution in [1.29, 1.82) is 0 Å². The van der Waals surface area contributed by atoms with Crippen molar-refractivity contribution in [3.63, 3.8) is 0 Å². The molecule has 0 aliphatic rings. The summed E-state index contributed by atoms with van der Waals surface area (Å²) < 4.78 is 50.4. The molecule has 0 aliphatic carbocycles. The van der Waals surface area contributed by atoms with Crippen molar-refractivity contribution in [2.24, 2.45) is 0 Å². The first kappa shape index (κ1) is 15.9. The van der Waals surface area contributed by atoms with E-state index in [0.29, 0.717) is 11.1 Å². The van der Waals surface area contributed by atoms with E-state index < -0.39 is 17.8 Å². The number of carbonyl (C=O) groups excluding carboxylic acids is 1. The number of amides is 1. The van der Waals surface area contributed by atoms with Gasteiger partial charge in [-0.05, 0) is 36.2 Å². The summed E-state index contributed by atoms with van der Waals surface area (Å²) in [6.45, 7) is 1.68. The maximum absolute atomic E-state index is 13.4. The van der Waals surface area contributed by atoms with E-state index in [9.17, 15) is 22.4 Å². The first-order chi connectivity index (χ1) is 10.3. The van der Waals surface area contributed by atoms with Gasteiger partial charge in [-0.15, -0.1) is 0 Å². The van der Waals surface area contributed by atoms with E-state index in [4.69, 9.17) is 0 Å². The Kier molecular flexibility index (Phi) is 4.44. The van der Waals surface area contributed by atoms with Gasteiger partial charge in [0.05, 0.1) is 5.56 Å². The molecule has 2 rings (SSSR count). The molecule has 0 atom stereocenters. The zero-order chi connectivity index (χ0) is 16.3. The molecule has 0 bridgehead atoms. The Hall–Kier alpha value is -2.44. The van der Waals surface area contributed by atoms with Crippen LogP contribution in [0.5, 0.6) is 0 Å². The summed E-state index contributed by atoms with van der Waals surface area (Å²) in [4.78, 5) is 15.0. The van der Waals surface area contributed by atoms with E-state index in [1.165, 1.54) is 6.07 Å². The molecule has 1 aromatic heterocycles. The molecule has 22 heavy (non-hydrogen) atoms. The summed E-state index contributed by atoms with van der Waals surface area (Å²) in [7, 11) is 0. The van der Waals surface area contributed by atoms with E-state index >= 15 is 0 Å². The van der Waals surface area contributed by atoms with Crippen LogP contribution >= 0.6 is 0 Å². The highest BCUT2D eigenvalue weighted by molar-refractivity contribution is 5.93. The van der Waals surface area contributed by atoms with E-state index in [1.54, 1.807) is 19.1 Å². The number of hydrogen-bond acceptors (Lipinski definition) is 2. The predicted molar refractivity (Wildman–Crippen MR) is 71.5 cm³/mol. The van der Waals surface area contributed by atoms with Gasteiger partial charge < -0.3 is 5.32 Å². The molecular formula is C15H12F4N2O. The average molecular weight is 312 g/mol. The molecule has 0 spiro atoms. The second kappa shape index (κ2) is 6.13. The summed E-state index contributed by atoms with van der Waals surface area (Å²) in [5, 5.41) is 2.49. The average Bonchev–Trinajstić information content (AvgIpc) is 2.47. The highest BCUT2D eigenvalue weighted by Crippen LogP contribution is 2.27. The van der Waals surface area contributed by atoms with Crippen molar-refractivity contribution >= 4 is 5.91 Å². The predicted octanol–water partition coefficient (Wildman–Crippen LogP) is 3.48. The SMILES string of the molecule is Cc1ccc(CNC(=O)c2ccc(C(F)(F)F)nc2)cc1F. The molecular weight excluding hydrogens is 300 g/mol. The number of carbonyl (C=O) groups is 1. The minimum absolute atomic E-state index is 0.000540. The second-order valence-corrected chi connectivity index (χ2v) is 4.70. The van der Waals surface area contributed by atoms with Gasteiger partial charge in [0.15, 0.2) is 0 Å². The lowest BCUT2D eigenvalue weighted by Crippen LogP contribution is -2.23. The van der Waals surface area contributed by atoms with Gasteiger partial charge in [-0.1, -0.05) is 12.1 Å². The van der Waals surface area contributed by atoms with Crippen molar-refractivity contribution in [2.75, 3.05) is 0 Å². The highest BCUT2D eigenvalue weighted by atomic mass is 19.4. The smallest absolute Gasteiger partial charge is 0.348 e. The van der Waals surface area contributed by atoms with Crippen molar-refractivity contribution in [3.8, 4) is 0 Å². The molecule has 0 radical (unpaired) electrons. The number of hydrogen-bond donors (Lipinski definition) is 1. The Bertz CT molecular complexity index is 681. The number of pyridine rings is 1. The van der Waals surface area contributed by atoms with Crippen LogP contribution in [-0.4, -0.2) is 10.9 Å². The maximum atomic E-state index is 13.4. The monoisotopic (exact) mass is 312 g/mol. The van der Waals surface area contributed by atoms with Crippen LogP contribution in [0.4, 0.5) is 17.6 Å². The van der Waals surface area contributed by atoms with Gasteiger partial charge in [0.25, 0.3) is 5.91 Å². The lowest BCUT2D eigenvalue weighted by atomic mass is 10.1. The number of rotatable bonds is 3. The minimum Gasteiger partial charge on any atom is -0.348 e. The van der Waals surface area contributed by atoms with Crippen LogP contribution in [0.25, 0.3) is 0 Å². The second-order valence-electron chi connectivity index (χ2n) is 4.70. The topological polar surface area (TPSA) is 42.0 Å². The summed E-state index contributed by atoms with van der Waals surface area (Å²) in [5.41, 5.74) is -0.0245. The summed E-state index contributed by atoms with van der Waals surface area (Å²) in [5.74, 6) is -0.967. The van der Waals surface area contributed by atoms with Crippen LogP contribution < -0.4 is 5.32 Å². The molecule has 3 nitrogen and oxygen atoms in total. The summed E-state index contributed by atoms with van der Waals surface area (Å²) in [6, 6.07) is 6.31. The molecule has 0 fully saturated rings. The van der Waals surface area contributed by atoms with E-state index in [-0.39, 0.29) is 17.9 Å². The van der Waals surface area contributed by atoms with Crippen molar-refractivity contribution < 1.29 is 22.4 Å². The van der Waals surface area contributed by atoms with Gasteiger partial charge in [-0.2, -0.15) is 13.2 Å². The van der Waals surface area contributed by atoms with Crippen LogP contribution in [-0.2, 0) is 12.7 Å². The Balaban J connectivity index is 2.01. The standard InChI is InChI=1S/C15H12F4N2O/c1-9-2-3-10(6-12(9)16)7-21-14(22)11-4-5-13(20-8-11)15(17,18)19/h2-6,8H,7H2,1H3,(H,21,22). The van der Waals surface area contributed by atoms with Crippen LogP contribution in [0.15, 0.2) is 36.5 Å². The molecule has 2 aromatic rings. The molecule has 1 heterocycles. The Morgan fingerprint density at radius 3 is 2.50 bits per heavy atom. The molecule has 0 unspecified atom stereocenters. The van der Waals surface area contributed by atoms with Crippen molar-refractivity contribution in [2.45, 2.75) is 19.6 Å². The van der Waals surface area contributed by atoms with E-state index in [0.717, 1.165) is 18.3 Å². The largest absolute Gasteiger partial charge is 0.433 e. The number of nitrogens with zero attached hydrogens (tertiary/aromatic N) is 1. The number of aryl methyl sites for hydroxylation is 1. The molecule has 0 saturated heterocycles. The number of benzene rings is 1. The fraction of sp³-hybridized carbons (Fsp3) is 0.200. The number of alkyl halides is 3. The zero-order valence-corrected chi connectivity index (χ0v) is 11.5. The number of halogens is 4. The summed E-state index contributed by atoms with van der Waals surface area (Å²) >= 11 is 0. The first-order valence-corrected chi connectivity index (χ1v) is 6.34. The zero-order valence-electron chi connectivity index (χ0n) is 11.5. The molecule has 1 N–H and O–H groups in total. The lowest BCUT2D eigenvalue weighted by Gasteiger charge is -2.08. The fourth-order valence-electron chi connectivity index (χ4n) is 1.73. The van der Waals surface area contributed by atoms with E-state index in [2.05, 4.69) is 10.3 Å². The third-order valence-corrected chi connectivity index (χ3v) is 3.01. The normalized spacial score (nSPS) is 11.3. The molecule has 0 saturated carbocycles. The quantitative estimate of drug-likeness (QED) is 0.882. The van der Waals surface area contributed by atoms with Gasteiger partial charge >= 0.3 is 6.18 Å². The maximum Gasteiger partial charge on any atom is 0.433 e. The van der Waals surface area contributed by atoms with Gasteiger partial charge in [0.1, 0.15) is 11.5 Å². The van der Waals surface area contributed by atoms with Crippen LogP contribution in [0.2, 0.25) is 0 Å². The third kappa shape index (κ3) is 3.81. The Morgan fingerprint density at radius 1 is 1.23 bits per heavy atom. The van der Waals surface area contributed by atoms with Gasteiger partial charge in [0, 0.05) is 12.7 Å². The Morgan fingerprint density at radius 2 is 1.95 bits per heavy atom. The van der Waals surface area contributed by atoms with Gasteiger partial charge in [-0.25, -0.2) is 4.39 Å². The van der Waals surface area contributed by atoms with Gasteiger partial charge in [-0.3, -0.25) is 9.78 Å². The lowest BCUT2D eigenvalue weighted by molar-refractivity contribution is -0.141. The van der Waals surface area contributed by atoms with Crippen LogP contribution in [0, 0.1) is 12.7 Å². The molecule has 116 valence electrons. The van der Waals surface area contributed by atoms with Crippen LogP contribution in [0.3, 0.4) is 0 Å². The van der Waals surface area contributed by atoms with E-state index in [1.807, 2.05) is 0 Å². The van der Waals surface area contributed by atoms with Crippen molar-refractivity contribution in [3.05, 3.63) is 64.7 Å². The molecule has 1 amide bonds. The number of nitrogens with one attached hydrogen (secondary N) is 1. The molecule has 0 aliphatic heterocycles. The Labute approximate surface area is 124 Å². The van der Waals surface area contributed by atoms with Gasteiger partial charge in [0.2, 0.25) is 0 Å². The minimum atomic E-state index is -4.55. The highest BCUT2D eigenvalue weighted by Gasteiger charge is 2.32. The fourth-order valence-corrected chi connectivity index (χ4v) is 1.73. The number of aromatic nitrogens is 1. The van der Waals surface area contributed by atoms with Crippen LogP contribution in [0.1, 0.15) is 27.2 Å².